The molecule has 2 rings (SSSR count). The summed E-state index contributed by atoms with van der Waals surface area (Å²) in [7, 11) is -3.28. The average Bonchev–Trinajstić information content (AvgIpc) is 2.71. The minimum Gasteiger partial charge on any atom is -0.492 e. The molecule has 0 unspecified atom stereocenters. The number of hydrogen-bond acceptors (Lipinski definition) is 7. The maximum Gasteiger partial charge on any atom is 0.338 e. The van der Waals surface area contributed by atoms with Crippen molar-refractivity contribution in [1.82, 2.24) is 9.03 Å². The van der Waals surface area contributed by atoms with Crippen LogP contribution < -0.4 is 9.46 Å². The number of carbonyl (C=O) groups is 1. The number of carbonyl (C=O) groups excluding carboxylic acids is 1. The van der Waals surface area contributed by atoms with E-state index in [1.807, 2.05) is 0 Å². The van der Waals surface area contributed by atoms with E-state index in [-0.39, 0.29) is 28.5 Å². The maximum absolute atomic E-state index is 12.4. The van der Waals surface area contributed by atoms with E-state index in [0.29, 0.717) is 11.3 Å². The van der Waals surface area contributed by atoms with Crippen LogP contribution >= 0.6 is 0 Å². The second-order valence-corrected chi connectivity index (χ2v) is 10.4. The molecule has 2 aromatic rings. The standard InChI is InChI=1S/C19H24N2O7S2/c1-14-5-8-17(13-18(14)19(22)27-4)29(23,24)20-11-12-28-15-6-9-16(10-7-15)30(25,26)21(2)3/h5-10,13,20H,11-12H2,1-4H3. The summed E-state index contributed by atoms with van der Waals surface area (Å²) in [4.78, 5) is 11.8. The minimum atomic E-state index is -3.85. The van der Waals surface area contributed by atoms with Gasteiger partial charge in [-0.05, 0) is 48.9 Å². The van der Waals surface area contributed by atoms with Crippen molar-refractivity contribution in [3.63, 3.8) is 0 Å². The van der Waals surface area contributed by atoms with Gasteiger partial charge in [-0.15, -0.1) is 0 Å². The first-order valence-electron chi connectivity index (χ1n) is 8.83. The molecule has 0 fully saturated rings. The van der Waals surface area contributed by atoms with Gasteiger partial charge in [0.2, 0.25) is 20.0 Å². The molecule has 0 atom stereocenters. The summed E-state index contributed by atoms with van der Waals surface area (Å²) in [6.07, 6.45) is 0. The van der Waals surface area contributed by atoms with E-state index in [2.05, 4.69) is 9.46 Å². The highest BCUT2D eigenvalue weighted by Gasteiger charge is 2.19. The number of esters is 1. The molecule has 0 saturated carbocycles. The molecule has 11 heteroatoms. The third-order valence-electron chi connectivity index (χ3n) is 4.19. The highest BCUT2D eigenvalue weighted by molar-refractivity contribution is 7.89. The van der Waals surface area contributed by atoms with E-state index in [1.165, 1.54) is 63.7 Å². The Morgan fingerprint density at radius 3 is 2.17 bits per heavy atom. The molecule has 0 aliphatic rings. The number of rotatable bonds is 9. The number of hydrogen-bond donors (Lipinski definition) is 1. The van der Waals surface area contributed by atoms with Gasteiger partial charge in [0, 0.05) is 20.6 Å². The minimum absolute atomic E-state index is 0.0225. The Labute approximate surface area is 176 Å². The average molecular weight is 457 g/mol. The summed E-state index contributed by atoms with van der Waals surface area (Å²) < 4.78 is 62.6. The van der Waals surface area contributed by atoms with E-state index in [4.69, 9.17) is 4.74 Å². The summed E-state index contributed by atoms with van der Waals surface area (Å²) >= 11 is 0. The molecule has 9 nitrogen and oxygen atoms in total. The lowest BCUT2D eigenvalue weighted by molar-refractivity contribution is 0.0599. The van der Waals surface area contributed by atoms with Gasteiger partial charge in [0.25, 0.3) is 0 Å². The molecule has 0 aliphatic carbocycles. The van der Waals surface area contributed by atoms with Crippen LogP contribution in [0, 0.1) is 6.92 Å². The van der Waals surface area contributed by atoms with Gasteiger partial charge in [-0.1, -0.05) is 6.07 Å². The summed E-state index contributed by atoms with van der Waals surface area (Å²) in [5.41, 5.74) is 0.772. The van der Waals surface area contributed by atoms with Gasteiger partial charge >= 0.3 is 5.97 Å². The number of nitrogens with one attached hydrogen (secondary N) is 1. The van der Waals surface area contributed by atoms with Gasteiger partial charge in [0.1, 0.15) is 12.4 Å². The molecule has 0 amide bonds. The topological polar surface area (TPSA) is 119 Å². The lowest BCUT2D eigenvalue weighted by Gasteiger charge is -2.12. The molecule has 0 aliphatic heterocycles. The van der Waals surface area contributed by atoms with Crippen molar-refractivity contribution in [3.8, 4) is 5.75 Å². The number of benzene rings is 2. The van der Waals surface area contributed by atoms with Gasteiger partial charge in [-0.25, -0.2) is 30.7 Å². The molecule has 0 aromatic heterocycles. The Morgan fingerprint density at radius 2 is 1.60 bits per heavy atom. The van der Waals surface area contributed by atoms with E-state index in [9.17, 15) is 21.6 Å². The molecule has 0 saturated heterocycles. The smallest absolute Gasteiger partial charge is 0.338 e. The van der Waals surface area contributed by atoms with Crippen LogP contribution in [0.4, 0.5) is 0 Å². The van der Waals surface area contributed by atoms with E-state index < -0.39 is 26.0 Å². The van der Waals surface area contributed by atoms with Crippen LogP contribution in [-0.2, 0) is 24.8 Å². The molecule has 0 radical (unpaired) electrons. The second kappa shape index (κ2) is 9.56. The zero-order valence-corrected chi connectivity index (χ0v) is 18.7. The first-order valence-corrected chi connectivity index (χ1v) is 11.8. The Kier molecular flexibility index (Phi) is 7.59. The first-order chi connectivity index (χ1) is 14.0. The SMILES string of the molecule is COC(=O)c1cc(S(=O)(=O)NCCOc2ccc(S(=O)(=O)N(C)C)cc2)ccc1C. The quantitative estimate of drug-likeness (QED) is 0.447. The monoisotopic (exact) mass is 456 g/mol. The number of nitrogens with zero attached hydrogens (tertiary/aromatic N) is 1. The van der Waals surface area contributed by atoms with Gasteiger partial charge < -0.3 is 9.47 Å². The summed E-state index contributed by atoms with van der Waals surface area (Å²) in [5.74, 6) is -0.220. The number of aryl methyl sites for hydroxylation is 1. The zero-order valence-electron chi connectivity index (χ0n) is 17.1. The van der Waals surface area contributed by atoms with Gasteiger partial charge in [0.15, 0.2) is 0 Å². The molecule has 164 valence electrons. The third kappa shape index (κ3) is 5.57. The lowest BCUT2D eigenvalue weighted by atomic mass is 10.1. The van der Waals surface area contributed by atoms with Crippen LogP contribution in [0.15, 0.2) is 52.3 Å². The van der Waals surface area contributed by atoms with Crippen LogP contribution in [0.1, 0.15) is 15.9 Å². The van der Waals surface area contributed by atoms with Crippen molar-refractivity contribution in [2.75, 3.05) is 34.4 Å². The van der Waals surface area contributed by atoms with Crippen LogP contribution in [0.5, 0.6) is 5.75 Å². The molecule has 2 aromatic carbocycles. The summed E-state index contributed by atoms with van der Waals surface area (Å²) in [6.45, 7) is 1.68. The Bertz CT molecular complexity index is 1110. The fourth-order valence-corrected chi connectivity index (χ4v) is 4.39. The Balaban J connectivity index is 1.98. The lowest BCUT2D eigenvalue weighted by Crippen LogP contribution is -2.28. The van der Waals surface area contributed by atoms with Crippen LogP contribution in [-0.4, -0.2) is 61.5 Å². The van der Waals surface area contributed by atoms with Crippen LogP contribution in [0.25, 0.3) is 0 Å². The van der Waals surface area contributed by atoms with Crippen molar-refractivity contribution >= 4 is 26.0 Å². The molecular formula is C19H24N2O7S2. The predicted molar refractivity (Wildman–Crippen MR) is 111 cm³/mol. The van der Waals surface area contributed by atoms with Crippen molar-refractivity contribution in [1.29, 1.82) is 0 Å². The fraction of sp³-hybridized carbons (Fsp3) is 0.316. The first kappa shape index (κ1) is 23.8. The molecule has 0 spiro atoms. The maximum atomic E-state index is 12.4. The van der Waals surface area contributed by atoms with Crippen LogP contribution in [0.3, 0.4) is 0 Å². The molecule has 30 heavy (non-hydrogen) atoms. The van der Waals surface area contributed by atoms with Crippen molar-refractivity contribution < 1.29 is 31.1 Å². The highest BCUT2D eigenvalue weighted by atomic mass is 32.2. The second-order valence-electron chi connectivity index (χ2n) is 6.47. The summed E-state index contributed by atoms with van der Waals surface area (Å²) in [6, 6.07) is 10.00. The highest BCUT2D eigenvalue weighted by Crippen LogP contribution is 2.18. The van der Waals surface area contributed by atoms with E-state index in [0.717, 1.165) is 4.31 Å². The number of ether oxygens (including phenoxy) is 2. The normalized spacial score (nSPS) is 12.0. The molecular weight excluding hydrogens is 432 g/mol. The van der Waals surface area contributed by atoms with Crippen LogP contribution in [0.2, 0.25) is 0 Å². The van der Waals surface area contributed by atoms with Crippen molar-refractivity contribution in [3.05, 3.63) is 53.6 Å². The molecule has 1 N–H and O–H groups in total. The Morgan fingerprint density at radius 1 is 1.00 bits per heavy atom. The largest absolute Gasteiger partial charge is 0.492 e. The van der Waals surface area contributed by atoms with Gasteiger partial charge in [-0.2, -0.15) is 0 Å². The summed E-state index contributed by atoms with van der Waals surface area (Å²) in [5, 5.41) is 0. The van der Waals surface area contributed by atoms with Gasteiger partial charge in [0.05, 0.1) is 22.5 Å². The van der Waals surface area contributed by atoms with E-state index >= 15 is 0 Å². The van der Waals surface area contributed by atoms with Crippen molar-refractivity contribution in [2.45, 2.75) is 16.7 Å². The zero-order chi connectivity index (χ0) is 22.5. The number of methoxy groups -OCH3 is 1. The van der Waals surface area contributed by atoms with Crippen molar-refractivity contribution in [2.24, 2.45) is 0 Å². The molecule has 0 heterocycles. The third-order valence-corrected chi connectivity index (χ3v) is 7.48. The van der Waals surface area contributed by atoms with Gasteiger partial charge in [-0.3, -0.25) is 0 Å². The predicted octanol–water partition coefficient (Wildman–Crippen LogP) is 1.39. The Hall–Kier alpha value is -2.47. The molecule has 0 bridgehead atoms. The fourth-order valence-electron chi connectivity index (χ4n) is 2.45. The number of sulfonamides is 2. The van der Waals surface area contributed by atoms with E-state index in [1.54, 1.807) is 6.92 Å².